The molecule has 0 aliphatic carbocycles. The molecule has 0 bridgehead atoms. The first-order valence-corrected chi connectivity index (χ1v) is 11.8. The Bertz CT molecular complexity index is 1520. The number of amides is 2. The van der Waals surface area contributed by atoms with E-state index in [2.05, 4.69) is 15.6 Å². The van der Waals surface area contributed by atoms with Gasteiger partial charge in [-0.3, -0.25) is 9.59 Å². The maximum absolute atomic E-state index is 13.0. The van der Waals surface area contributed by atoms with E-state index in [1.165, 1.54) is 37.5 Å². The zero-order valence-corrected chi connectivity index (χ0v) is 20.6. The molecule has 2 amide bonds. The number of anilines is 1. The fourth-order valence-corrected chi connectivity index (χ4v) is 3.83. The van der Waals surface area contributed by atoms with Crippen LogP contribution >= 0.6 is 0 Å². The molecule has 4 aromatic rings. The van der Waals surface area contributed by atoms with Gasteiger partial charge in [0, 0.05) is 29.3 Å². The van der Waals surface area contributed by atoms with E-state index in [9.17, 15) is 19.2 Å². The molecular formula is C29H25FN4O4. The van der Waals surface area contributed by atoms with Gasteiger partial charge in [-0.1, -0.05) is 24.3 Å². The number of methoxy groups -OCH3 is 1. The topological polar surface area (TPSA) is 116 Å². The van der Waals surface area contributed by atoms with Crippen LogP contribution in [0.3, 0.4) is 0 Å². The first-order valence-electron chi connectivity index (χ1n) is 11.8. The molecule has 0 aliphatic heterocycles. The van der Waals surface area contributed by atoms with Crippen LogP contribution in [0.4, 0.5) is 10.1 Å². The number of fused-ring (bicyclic) bond motifs is 1. The van der Waals surface area contributed by atoms with E-state index < -0.39 is 17.6 Å². The first kappa shape index (κ1) is 26.0. The summed E-state index contributed by atoms with van der Waals surface area (Å²) in [7, 11) is 1.44. The van der Waals surface area contributed by atoms with Crippen LogP contribution in [0.25, 0.3) is 17.0 Å². The number of ether oxygens (including phenoxy) is 2. The normalized spacial score (nSPS) is 11.0. The summed E-state index contributed by atoms with van der Waals surface area (Å²) < 4.78 is 23.9. The number of carbonyl (C=O) groups excluding carboxylic acids is 2. The maximum atomic E-state index is 13.0. The highest BCUT2D eigenvalue weighted by atomic mass is 19.1. The summed E-state index contributed by atoms with van der Waals surface area (Å²) in [6, 6.07) is 20.1. The van der Waals surface area contributed by atoms with Crippen molar-refractivity contribution in [1.82, 2.24) is 10.3 Å². The third kappa shape index (κ3) is 6.56. The number of halogens is 1. The Kier molecular flexibility index (Phi) is 8.36. The molecule has 0 aliphatic rings. The van der Waals surface area contributed by atoms with Crippen LogP contribution in [0.15, 0.2) is 78.5 Å². The second-order valence-corrected chi connectivity index (χ2v) is 8.29. The van der Waals surface area contributed by atoms with E-state index in [4.69, 9.17) is 9.47 Å². The van der Waals surface area contributed by atoms with Crippen LogP contribution in [0.5, 0.6) is 11.5 Å². The number of rotatable bonds is 10. The molecule has 8 nitrogen and oxygen atoms in total. The van der Waals surface area contributed by atoms with Gasteiger partial charge in [-0.25, -0.2) is 4.39 Å². The molecule has 0 saturated heterocycles. The Morgan fingerprint density at radius 3 is 2.63 bits per heavy atom. The smallest absolute Gasteiger partial charge is 0.262 e. The van der Waals surface area contributed by atoms with E-state index >= 15 is 0 Å². The number of aromatic amines is 1. The molecule has 0 saturated carbocycles. The van der Waals surface area contributed by atoms with Gasteiger partial charge in [-0.05, 0) is 66.1 Å². The molecule has 1 heterocycles. The van der Waals surface area contributed by atoms with Crippen LogP contribution in [0.2, 0.25) is 0 Å². The van der Waals surface area contributed by atoms with E-state index in [0.717, 1.165) is 16.5 Å². The lowest BCUT2D eigenvalue weighted by atomic mass is 10.1. The summed E-state index contributed by atoms with van der Waals surface area (Å²) >= 11 is 0. The maximum Gasteiger partial charge on any atom is 0.262 e. The molecule has 0 radical (unpaired) electrons. The summed E-state index contributed by atoms with van der Waals surface area (Å²) in [5.41, 5.74) is 3.04. The molecule has 3 N–H and O–H groups in total. The average Bonchev–Trinajstić information content (AvgIpc) is 3.35. The number of para-hydroxylation sites is 1. The van der Waals surface area contributed by atoms with Gasteiger partial charge >= 0.3 is 0 Å². The van der Waals surface area contributed by atoms with Crippen molar-refractivity contribution in [2.24, 2.45) is 0 Å². The lowest BCUT2D eigenvalue weighted by Crippen LogP contribution is -2.26. The summed E-state index contributed by atoms with van der Waals surface area (Å²) in [5, 5.41) is 16.0. The minimum Gasteiger partial charge on any atom is -0.493 e. The minimum absolute atomic E-state index is 0.0571. The molecule has 38 heavy (non-hydrogen) atoms. The lowest BCUT2D eigenvalue weighted by Gasteiger charge is -2.12. The second-order valence-electron chi connectivity index (χ2n) is 8.29. The lowest BCUT2D eigenvalue weighted by molar-refractivity contribution is -0.118. The van der Waals surface area contributed by atoms with Crippen molar-refractivity contribution in [3.63, 3.8) is 0 Å². The van der Waals surface area contributed by atoms with Gasteiger partial charge in [0.1, 0.15) is 17.5 Å². The summed E-state index contributed by atoms with van der Waals surface area (Å²) in [6.45, 7) is 0.0704. The fourth-order valence-electron chi connectivity index (χ4n) is 3.83. The molecule has 3 aromatic carbocycles. The Morgan fingerprint density at radius 2 is 1.87 bits per heavy atom. The number of H-pyrrole nitrogens is 1. The average molecular weight is 513 g/mol. The van der Waals surface area contributed by atoms with Crippen molar-refractivity contribution < 1.29 is 23.5 Å². The fraction of sp³-hybridized carbons (Fsp3) is 0.138. The van der Waals surface area contributed by atoms with Crippen LogP contribution in [0, 0.1) is 17.1 Å². The molecule has 192 valence electrons. The third-order valence-corrected chi connectivity index (χ3v) is 5.71. The Morgan fingerprint density at radius 1 is 1.08 bits per heavy atom. The van der Waals surface area contributed by atoms with Crippen LogP contribution < -0.4 is 20.1 Å². The van der Waals surface area contributed by atoms with Gasteiger partial charge in [0.2, 0.25) is 0 Å². The summed E-state index contributed by atoms with van der Waals surface area (Å²) in [5.74, 6) is -0.686. The van der Waals surface area contributed by atoms with Gasteiger partial charge in [0.25, 0.3) is 11.8 Å². The van der Waals surface area contributed by atoms with Gasteiger partial charge in [0.15, 0.2) is 18.1 Å². The van der Waals surface area contributed by atoms with E-state index in [1.54, 1.807) is 18.2 Å². The number of nitriles is 1. The molecule has 0 atom stereocenters. The van der Waals surface area contributed by atoms with Gasteiger partial charge in [0.05, 0.1) is 7.11 Å². The quantitative estimate of drug-likeness (QED) is 0.212. The molecule has 4 rings (SSSR count). The van der Waals surface area contributed by atoms with Crippen molar-refractivity contribution >= 4 is 34.5 Å². The zero-order chi connectivity index (χ0) is 26.9. The Hall–Kier alpha value is -5.10. The Labute approximate surface area is 218 Å². The van der Waals surface area contributed by atoms with E-state index in [-0.39, 0.29) is 12.2 Å². The molecular weight excluding hydrogens is 487 g/mol. The molecule has 0 spiro atoms. The predicted octanol–water partition coefficient (Wildman–Crippen LogP) is 4.60. The minimum atomic E-state index is -0.482. The highest BCUT2D eigenvalue weighted by molar-refractivity contribution is 6.01. The van der Waals surface area contributed by atoms with Crippen LogP contribution in [-0.4, -0.2) is 37.1 Å². The van der Waals surface area contributed by atoms with Crippen LogP contribution in [0.1, 0.15) is 11.1 Å². The largest absolute Gasteiger partial charge is 0.493 e. The third-order valence-electron chi connectivity index (χ3n) is 5.71. The van der Waals surface area contributed by atoms with Crippen molar-refractivity contribution in [3.8, 4) is 17.6 Å². The van der Waals surface area contributed by atoms with Crippen molar-refractivity contribution in [3.05, 3.63) is 95.4 Å². The summed E-state index contributed by atoms with van der Waals surface area (Å²) in [4.78, 5) is 28.0. The molecule has 0 unspecified atom stereocenters. The number of hydrogen-bond acceptors (Lipinski definition) is 5. The first-order chi connectivity index (χ1) is 18.5. The highest BCUT2D eigenvalue weighted by Crippen LogP contribution is 2.29. The number of hydrogen-bond donors (Lipinski definition) is 3. The van der Waals surface area contributed by atoms with E-state index in [0.29, 0.717) is 35.7 Å². The molecule has 9 heteroatoms. The van der Waals surface area contributed by atoms with Crippen molar-refractivity contribution in [2.75, 3.05) is 25.6 Å². The zero-order valence-electron chi connectivity index (χ0n) is 20.6. The molecule has 0 fully saturated rings. The highest BCUT2D eigenvalue weighted by Gasteiger charge is 2.12. The number of nitrogens with zero attached hydrogens (tertiary/aromatic N) is 1. The van der Waals surface area contributed by atoms with E-state index in [1.807, 2.05) is 36.5 Å². The number of carbonyl (C=O) groups is 2. The van der Waals surface area contributed by atoms with Crippen molar-refractivity contribution in [2.45, 2.75) is 6.42 Å². The van der Waals surface area contributed by atoms with Gasteiger partial charge in [-0.15, -0.1) is 0 Å². The number of nitrogens with one attached hydrogen (secondary N) is 3. The summed E-state index contributed by atoms with van der Waals surface area (Å²) in [6.07, 6.45) is 3.98. The monoisotopic (exact) mass is 512 g/mol. The second kappa shape index (κ2) is 12.2. The number of benzene rings is 3. The predicted molar refractivity (Wildman–Crippen MR) is 142 cm³/mol. The van der Waals surface area contributed by atoms with Gasteiger partial charge in [-0.2, -0.15) is 5.26 Å². The van der Waals surface area contributed by atoms with Crippen molar-refractivity contribution in [1.29, 1.82) is 5.26 Å². The SMILES string of the molecule is COc1cc(/C=C(\C#N)C(=O)NCCc2c[nH]c3ccccc23)ccc1OCC(=O)Nc1ccc(F)cc1. The Balaban J connectivity index is 1.34. The number of aromatic nitrogens is 1. The standard InChI is InChI=1S/C29H25FN4O4/c1-37-27-15-19(6-11-26(27)38-18-28(35)34-23-9-7-22(30)8-10-23)14-21(16-31)29(36)32-13-12-20-17-33-25-5-3-2-4-24(20)25/h2-11,14-15,17,33H,12-13,18H2,1H3,(H,32,36)(H,34,35)/b21-14+. The molecule has 1 aromatic heterocycles. The van der Waals surface area contributed by atoms with Crippen LogP contribution in [-0.2, 0) is 16.0 Å². The van der Waals surface area contributed by atoms with Gasteiger partial charge < -0.3 is 25.1 Å².